The summed E-state index contributed by atoms with van der Waals surface area (Å²) in [5, 5.41) is 11.4. The Kier molecular flexibility index (Phi) is 6.42. The third-order valence-electron chi connectivity index (χ3n) is 3.49. The summed E-state index contributed by atoms with van der Waals surface area (Å²) in [6, 6.07) is 9.00. The third kappa shape index (κ3) is 5.15. The smallest absolute Gasteiger partial charge is 0.303 e. The van der Waals surface area contributed by atoms with Gasteiger partial charge in [0, 0.05) is 19.4 Å². The van der Waals surface area contributed by atoms with Gasteiger partial charge in [-0.25, -0.2) is 0 Å². The van der Waals surface area contributed by atoms with Gasteiger partial charge in [0.05, 0.1) is 18.4 Å². The van der Waals surface area contributed by atoms with Gasteiger partial charge in [-0.05, 0) is 30.2 Å². The fraction of sp³-hybridized carbons (Fsp3) is 0.333. The zero-order valence-corrected chi connectivity index (χ0v) is 13.6. The summed E-state index contributed by atoms with van der Waals surface area (Å²) in [4.78, 5) is 22.5. The molecule has 1 aromatic heterocycles. The summed E-state index contributed by atoms with van der Waals surface area (Å²) in [5.74, 6) is 0.374. The standard InChI is InChI=1S/C18H21NO5/c1-2-16-15(9-11-24-16)18(22)19-12-13-5-7-14(8-6-13)23-10-3-4-17(20)21/h5-9,11H,2-4,10,12H2,1H3,(H,19,22)(H,20,21). The third-order valence-corrected chi connectivity index (χ3v) is 3.49. The molecule has 1 heterocycles. The van der Waals surface area contributed by atoms with Crippen LogP contribution < -0.4 is 10.1 Å². The van der Waals surface area contributed by atoms with Gasteiger partial charge in [-0.3, -0.25) is 9.59 Å². The van der Waals surface area contributed by atoms with Crippen LogP contribution in [0.2, 0.25) is 0 Å². The minimum atomic E-state index is -0.825. The molecule has 0 saturated carbocycles. The molecule has 0 radical (unpaired) electrons. The van der Waals surface area contributed by atoms with E-state index in [1.165, 1.54) is 6.26 Å². The summed E-state index contributed by atoms with van der Waals surface area (Å²) in [5.41, 5.74) is 1.51. The Balaban J connectivity index is 1.79. The topological polar surface area (TPSA) is 88.8 Å². The number of benzene rings is 1. The fourth-order valence-electron chi connectivity index (χ4n) is 2.21. The predicted molar refractivity (Wildman–Crippen MR) is 88.1 cm³/mol. The van der Waals surface area contributed by atoms with Gasteiger partial charge in [0.1, 0.15) is 11.5 Å². The molecular weight excluding hydrogens is 310 g/mol. The number of amides is 1. The maximum absolute atomic E-state index is 12.1. The molecule has 0 aliphatic carbocycles. The highest BCUT2D eigenvalue weighted by atomic mass is 16.5. The first kappa shape index (κ1) is 17.6. The number of carboxylic acid groups (broad SMARTS) is 1. The Bertz CT molecular complexity index is 675. The van der Waals surface area contributed by atoms with Crippen LogP contribution in [-0.2, 0) is 17.8 Å². The van der Waals surface area contributed by atoms with Gasteiger partial charge in [-0.2, -0.15) is 0 Å². The van der Waals surface area contributed by atoms with E-state index >= 15 is 0 Å². The Labute approximate surface area is 140 Å². The predicted octanol–water partition coefficient (Wildman–Crippen LogP) is 3.02. The molecule has 1 amide bonds. The highest BCUT2D eigenvalue weighted by Gasteiger charge is 2.12. The molecule has 0 fully saturated rings. The van der Waals surface area contributed by atoms with Gasteiger partial charge in [0.15, 0.2) is 0 Å². The molecule has 6 heteroatoms. The second-order valence-electron chi connectivity index (χ2n) is 5.28. The molecule has 2 N–H and O–H groups in total. The number of rotatable bonds is 9. The molecule has 0 aliphatic rings. The van der Waals surface area contributed by atoms with Crippen LogP contribution in [0.4, 0.5) is 0 Å². The lowest BCUT2D eigenvalue weighted by Gasteiger charge is -2.08. The maximum Gasteiger partial charge on any atom is 0.303 e. The van der Waals surface area contributed by atoms with E-state index < -0.39 is 5.97 Å². The van der Waals surface area contributed by atoms with E-state index in [1.54, 1.807) is 18.2 Å². The zero-order chi connectivity index (χ0) is 17.4. The number of carboxylic acids is 1. The summed E-state index contributed by atoms with van der Waals surface area (Å²) in [7, 11) is 0. The van der Waals surface area contributed by atoms with E-state index in [0.717, 1.165) is 5.56 Å². The molecule has 0 spiro atoms. The van der Waals surface area contributed by atoms with Crippen molar-refractivity contribution in [2.75, 3.05) is 6.61 Å². The van der Waals surface area contributed by atoms with Crippen molar-refractivity contribution in [1.82, 2.24) is 5.32 Å². The number of aliphatic carboxylic acids is 1. The molecule has 0 bridgehead atoms. The van der Waals surface area contributed by atoms with E-state index in [0.29, 0.717) is 43.1 Å². The Hall–Kier alpha value is -2.76. The average molecular weight is 331 g/mol. The summed E-state index contributed by atoms with van der Waals surface area (Å²) in [6.07, 6.45) is 2.75. The Morgan fingerprint density at radius 3 is 2.62 bits per heavy atom. The molecule has 0 atom stereocenters. The van der Waals surface area contributed by atoms with Gasteiger partial charge in [0.25, 0.3) is 5.91 Å². The summed E-state index contributed by atoms with van der Waals surface area (Å²) >= 11 is 0. The number of hydrogen-bond donors (Lipinski definition) is 2. The van der Waals surface area contributed by atoms with Crippen LogP contribution in [0, 0.1) is 0 Å². The van der Waals surface area contributed by atoms with Crippen molar-refractivity contribution in [1.29, 1.82) is 0 Å². The quantitative estimate of drug-likeness (QED) is 0.690. The molecule has 0 saturated heterocycles. The lowest BCUT2D eigenvalue weighted by molar-refractivity contribution is -0.137. The van der Waals surface area contributed by atoms with Gasteiger partial charge in [0.2, 0.25) is 0 Å². The molecular formula is C18H21NO5. The highest BCUT2D eigenvalue weighted by molar-refractivity contribution is 5.95. The highest BCUT2D eigenvalue weighted by Crippen LogP contribution is 2.14. The normalized spacial score (nSPS) is 10.4. The van der Waals surface area contributed by atoms with Crippen LogP contribution in [0.25, 0.3) is 0 Å². The van der Waals surface area contributed by atoms with Crippen molar-refractivity contribution < 1.29 is 23.8 Å². The number of carbonyl (C=O) groups is 2. The summed E-state index contributed by atoms with van der Waals surface area (Å²) in [6.45, 7) is 2.71. The van der Waals surface area contributed by atoms with E-state index in [-0.39, 0.29) is 12.3 Å². The van der Waals surface area contributed by atoms with Crippen molar-refractivity contribution in [3.63, 3.8) is 0 Å². The van der Waals surface area contributed by atoms with Crippen LogP contribution in [0.3, 0.4) is 0 Å². The molecule has 24 heavy (non-hydrogen) atoms. The van der Waals surface area contributed by atoms with Crippen molar-refractivity contribution in [3.05, 3.63) is 53.5 Å². The molecule has 128 valence electrons. The first-order chi connectivity index (χ1) is 11.6. The molecule has 0 aliphatic heterocycles. The molecule has 0 unspecified atom stereocenters. The number of hydrogen-bond acceptors (Lipinski definition) is 4. The first-order valence-corrected chi connectivity index (χ1v) is 7.88. The maximum atomic E-state index is 12.1. The number of carbonyl (C=O) groups excluding carboxylic acids is 1. The molecule has 2 aromatic rings. The van der Waals surface area contributed by atoms with Gasteiger partial charge >= 0.3 is 5.97 Å². The van der Waals surface area contributed by atoms with Crippen molar-refractivity contribution in [3.8, 4) is 5.75 Å². The average Bonchev–Trinajstić information content (AvgIpc) is 3.06. The van der Waals surface area contributed by atoms with E-state index in [1.807, 2.05) is 19.1 Å². The van der Waals surface area contributed by atoms with Crippen molar-refractivity contribution in [2.24, 2.45) is 0 Å². The number of furan rings is 1. The minimum absolute atomic E-state index is 0.0951. The molecule has 1 aromatic carbocycles. The van der Waals surface area contributed by atoms with Gasteiger partial charge in [-0.15, -0.1) is 0 Å². The zero-order valence-electron chi connectivity index (χ0n) is 13.6. The number of aryl methyl sites for hydroxylation is 1. The van der Waals surface area contributed by atoms with Crippen LogP contribution in [-0.4, -0.2) is 23.6 Å². The van der Waals surface area contributed by atoms with Gasteiger partial charge < -0.3 is 19.6 Å². The van der Waals surface area contributed by atoms with Crippen LogP contribution in [0.15, 0.2) is 41.0 Å². The molecule has 6 nitrogen and oxygen atoms in total. The number of ether oxygens (including phenoxy) is 1. The Morgan fingerprint density at radius 1 is 1.21 bits per heavy atom. The Morgan fingerprint density at radius 2 is 1.96 bits per heavy atom. The van der Waals surface area contributed by atoms with Crippen LogP contribution >= 0.6 is 0 Å². The number of nitrogens with one attached hydrogen (secondary N) is 1. The lowest BCUT2D eigenvalue weighted by atomic mass is 10.2. The van der Waals surface area contributed by atoms with E-state index in [4.69, 9.17) is 14.3 Å². The fourth-order valence-corrected chi connectivity index (χ4v) is 2.21. The SMILES string of the molecule is CCc1occc1C(=O)NCc1ccc(OCCCC(=O)O)cc1. The first-order valence-electron chi connectivity index (χ1n) is 7.88. The van der Waals surface area contributed by atoms with Crippen LogP contribution in [0.1, 0.15) is 41.4 Å². The second kappa shape index (κ2) is 8.76. The largest absolute Gasteiger partial charge is 0.494 e. The van der Waals surface area contributed by atoms with Crippen molar-refractivity contribution >= 4 is 11.9 Å². The van der Waals surface area contributed by atoms with Gasteiger partial charge in [-0.1, -0.05) is 19.1 Å². The molecule has 2 rings (SSSR count). The lowest BCUT2D eigenvalue weighted by Crippen LogP contribution is -2.23. The van der Waals surface area contributed by atoms with E-state index in [2.05, 4.69) is 5.32 Å². The minimum Gasteiger partial charge on any atom is -0.494 e. The summed E-state index contributed by atoms with van der Waals surface area (Å²) < 4.78 is 10.7. The van der Waals surface area contributed by atoms with E-state index in [9.17, 15) is 9.59 Å². The van der Waals surface area contributed by atoms with Crippen LogP contribution in [0.5, 0.6) is 5.75 Å². The second-order valence-corrected chi connectivity index (χ2v) is 5.28. The monoisotopic (exact) mass is 331 g/mol. The van der Waals surface area contributed by atoms with Crippen molar-refractivity contribution in [2.45, 2.75) is 32.7 Å².